The van der Waals surface area contributed by atoms with E-state index >= 15 is 0 Å². The van der Waals surface area contributed by atoms with Crippen LogP contribution in [0.5, 0.6) is 17.2 Å². The van der Waals surface area contributed by atoms with Crippen molar-refractivity contribution in [3.63, 3.8) is 0 Å². The van der Waals surface area contributed by atoms with Crippen molar-refractivity contribution in [1.82, 2.24) is 5.32 Å². The Hall–Kier alpha value is -3.41. The number of benzene rings is 2. The Labute approximate surface area is 164 Å². The van der Waals surface area contributed by atoms with Crippen molar-refractivity contribution in [2.75, 3.05) is 13.7 Å². The van der Waals surface area contributed by atoms with E-state index in [-0.39, 0.29) is 12.5 Å². The van der Waals surface area contributed by atoms with Crippen molar-refractivity contribution < 1.29 is 23.4 Å². The van der Waals surface area contributed by atoms with Crippen LogP contribution < -0.4 is 19.5 Å². The molecular weight excluding hydrogens is 358 g/mol. The molecule has 0 aliphatic carbocycles. The molecule has 0 radical (unpaired) electrons. The summed E-state index contributed by atoms with van der Waals surface area (Å²) in [4.78, 5) is 12.5. The lowest BCUT2D eigenvalue weighted by Crippen LogP contribution is -2.22. The Kier molecular flexibility index (Phi) is 6.57. The average molecular weight is 381 g/mol. The van der Waals surface area contributed by atoms with E-state index in [1.165, 1.54) is 0 Å². The van der Waals surface area contributed by atoms with Gasteiger partial charge in [-0.2, -0.15) is 0 Å². The van der Waals surface area contributed by atoms with E-state index in [0.717, 1.165) is 5.56 Å². The average Bonchev–Trinajstić information content (AvgIpc) is 3.25. The number of furan rings is 1. The number of ether oxygens (including phenoxy) is 3. The highest BCUT2D eigenvalue weighted by atomic mass is 16.5. The van der Waals surface area contributed by atoms with E-state index in [2.05, 4.69) is 5.32 Å². The van der Waals surface area contributed by atoms with E-state index < -0.39 is 0 Å². The zero-order valence-electron chi connectivity index (χ0n) is 15.9. The Morgan fingerprint density at radius 2 is 1.89 bits per heavy atom. The first-order valence-corrected chi connectivity index (χ1v) is 9.02. The fraction of sp³-hybridized carbons (Fsp3) is 0.227. The van der Waals surface area contributed by atoms with Gasteiger partial charge < -0.3 is 23.9 Å². The molecule has 0 saturated heterocycles. The molecule has 1 amide bonds. The first-order valence-electron chi connectivity index (χ1n) is 9.02. The minimum atomic E-state index is -0.193. The highest BCUT2D eigenvalue weighted by Crippen LogP contribution is 2.24. The topological polar surface area (TPSA) is 69.9 Å². The van der Waals surface area contributed by atoms with Crippen molar-refractivity contribution in [2.24, 2.45) is 0 Å². The van der Waals surface area contributed by atoms with E-state index in [9.17, 15) is 4.79 Å². The second kappa shape index (κ2) is 9.50. The SMILES string of the molecule is CCOc1ccc(C(=O)NCc2ccco2)cc1COc1cccc(OC)c1. The van der Waals surface area contributed by atoms with Crippen LogP contribution in [0.25, 0.3) is 0 Å². The first kappa shape index (κ1) is 19.4. The van der Waals surface area contributed by atoms with Gasteiger partial charge >= 0.3 is 0 Å². The van der Waals surface area contributed by atoms with Crippen molar-refractivity contribution >= 4 is 5.91 Å². The molecule has 3 rings (SSSR count). The summed E-state index contributed by atoms with van der Waals surface area (Å²) in [5.41, 5.74) is 1.31. The maximum atomic E-state index is 12.5. The van der Waals surface area contributed by atoms with Crippen LogP contribution in [0, 0.1) is 0 Å². The summed E-state index contributed by atoms with van der Waals surface area (Å²) in [5.74, 6) is 2.58. The molecule has 6 heteroatoms. The molecule has 0 bridgehead atoms. The van der Waals surface area contributed by atoms with Crippen molar-refractivity contribution in [3.8, 4) is 17.2 Å². The van der Waals surface area contributed by atoms with Gasteiger partial charge in [-0.05, 0) is 49.4 Å². The number of amides is 1. The molecular formula is C22H23NO5. The van der Waals surface area contributed by atoms with Gasteiger partial charge in [-0.25, -0.2) is 0 Å². The number of nitrogens with one attached hydrogen (secondary N) is 1. The molecule has 0 spiro atoms. The molecule has 6 nitrogen and oxygen atoms in total. The minimum absolute atomic E-state index is 0.193. The molecule has 0 fully saturated rings. The maximum absolute atomic E-state index is 12.5. The summed E-state index contributed by atoms with van der Waals surface area (Å²) >= 11 is 0. The molecule has 146 valence electrons. The van der Waals surface area contributed by atoms with E-state index in [0.29, 0.717) is 41.7 Å². The fourth-order valence-corrected chi connectivity index (χ4v) is 2.66. The largest absolute Gasteiger partial charge is 0.497 e. The molecule has 1 heterocycles. The van der Waals surface area contributed by atoms with Gasteiger partial charge in [0.25, 0.3) is 5.91 Å². The third kappa shape index (κ3) is 5.07. The summed E-state index contributed by atoms with van der Waals surface area (Å²) < 4.78 is 22.0. The lowest BCUT2D eigenvalue weighted by molar-refractivity contribution is 0.0948. The number of carbonyl (C=O) groups excluding carboxylic acids is 1. The summed E-state index contributed by atoms with van der Waals surface area (Å²) in [5, 5.41) is 2.84. The predicted octanol–water partition coefficient (Wildman–Crippen LogP) is 4.20. The molecule has 0 saturated carbocycles. The predicted molar refractivity (Wildman–Crippen MR) is 105 cm³/mol. The van der Waals surface area contributed by atoms with Gasteiger partial charge in [-0.1, -0.05) is 6.07 Å². The zero-order chi connectivity index (χ0) is 19.8. The molecule has 1 aromatic heterocycles. The van der Waals surface area contributed by atoms with Gasteiger partial charge in [-0.15, -0.1) is 0 Å². The number of rotatable bonds is 9. The Morgan fingerprint density at radius 1 is 1.04 bits per heavy atom. The molecule has 0 aliphatic heterocycles. The van der Waals surface area contributed by atoms with Crippen LogP contribution in [0.2, 0.25) is 0 Å². The molecule has 0 aliphatic rings. The normalized spacial score (nSPS) is 10.4. The number of hydrogen-bond donors (Lipinski definition) is 1. The highest BCUT2D eigenvalue weighted by molar-refractivity contribution is 5.94. The molecule has 3 aromatic rings. The van der Waals surface area contributed by atoms with Crippen LogP contribution in [0.4, 0.5) is 0 Å². The Bertz CT molecular complexity index is 905. The quantitative estimate of drug-likeness (QED) is 0.602. The van der Waals surface area contributed by atoms with Gasteiger partial charge in [0.15, 0.2) is 0 Å². The molecule has 28 heavy (non-hydrogen) atoms. The Balaban J connectivity index is 1.72. The van der Waals surface area contributed by atoms with Gasteiger partial charge in [-0.3, -0.25) is 4.79 Å². The molecule has 0 atom stereocenters. The summed E-state index contributed by atoms with van der Waals surface area (Å²) in [7, 11) is 1.61. The monoisotopic (exact) mass is 381 g/mol. The second-order valence-electron chi connectivity index (χ2n) is 5.99. The summed E-state index contributed by atoms with van der Waals surface area (Å²) in [6, 6.07) is 16.3. The lowest BCUT2D eigenvalue weighted by Gasteiger charge is -2.14. The molecule has 1 N–H and O–H groups in total. The van der Waals surface area contributed by atoms with Crippen molar-refractivity contribution in [1.29, 1.82) is 0 Å². The van der Waals surface area contributed by atoms with Crippen molar-refractivity contribution in [2.45, 2.75) is 20.1 Å². The van der Waals surface area contributed by atoms with Crippen LogP contribution >= 0.6 is 0 Å². The van der Waals surface area contributed by atoms with E-state index in [1.807, 2.05) is 31.2 Å². The van der Waals surface area contributed by atoms with Crippen LogP contribution in [0.3, 0.4) is 0 Å². The number of carbonyl (C=O) groups is 1. The number of methoxy groups -OCH3 is 1. The Morgan fingerprint density at radius 3 is 2.64 bits per heavy atom. The highest BCUT2D eigenvalue weighted by Gasteiger charge is 2.12. The summed E-state index contributed by atoms with van der Waals surface area (Å²) in [6.45, 7) is 3.03. The van der Waals surface area contributed by atoms with Crippen LogP contribution in [0.15, 0.2) is 65.3 Å². The lowest BCUT2D eigenvalue weighted by atomic mass is 10.1. The zero-order valence-corrected chi connectivity index (χ0v) is 15.9. The smallest absolute Gasteiger partial charge is 0.251 e. The fourth-order valence-electron chi connectivity index (χ4n) is 2.66. The first-order chi connectivity index (χ1) is 13.7. The van der Waals surface area contributed by atoms with Gasteiger partial charge in [0.05, 0.1) is 26.5 Å². The molecule has 0 unspecified atom stereocenters. The van der Waals surface area contributed by atoms with Crippen LogP contribution in [-0.4, -0.2) is 19.6 Å². The van der Waals surface area contributed by atoms with Gasteiger partial charge in [0, 0.05) is 17.2 Å². The van der Waals surface area contributed by atoms with Gasteiger partial charge in [0.1, 0.15) is 29.6 Å². The van der Waals surface area contributed by atoms with Crippen LogP contribution in [0.1, 0.15) is 28.6 Å². The van der Waals surface area contributed by atoms with Crippen molar-refractivity contribution in [3.05, 3.63) is 77.7 Å². The standard InChI is InChI=1S/C22H23NO5/c1-3-26-21-10-9-16(22(24)23-14-20-8-5-11-27-20)12-17(21)15-28-19-7-4-6-18(13-19)25-2/h4-13H,3,14-15H2,1-2H3,(H,23,24). The minimum Gasteiger partial charge on any atom is -0.497 e. The van der Waals surface area contributed by atoms with Gasteiger partial charge in [0.2, 0.25) is 0 Å². The van der Waals surface area contributed by atoms with E-state index in [1.54, 1.807) is 43.7 Å². The third-order valence-corrected chi connectivity index (χ3v) is 4.06. The van der Waals surface area contributed by atoms with Crippen LogP contribution in [-0.2, 0) is 13.2 Å². The number of hydrogen-bond acceptors (Lipinski definition) is 5. The maximum Gasteiger partial charge on any atom is 0.251 e. The molecule has 2 aromatic carbocycles. The third-order valence-electron chi connectivity index (χ3n) is 4.06. The summed E-state index contributed by atoms with van der Waals surface area (Å²) in [6.07, 6.45) is 1.58. The second-order valence-corrected chi connectivity index (χ2v) is 5.99. The van der Waals surface area contributed by atoms with E-state index in [4.69, 9.17) is 18.6 Å².